The second-order valence-corrected chi connectivity index (χ2v) is 5.79. The van der Waals surface area contributed by atoms with Crippen molar-refractivity contribution in [3.05, 3.63) is 59.7 Å². The van der Waals surface area contributed by atoms with E-state index in [1.165, 1.54) is 24.3 Å². The first-order valence-corrected chi connectivity index (χ1v) is 8.55. The zero-order valence-corrected chi connectivity index (χ0v) is 15.5. The van der Waals surface area contributed by atoms with Gasteiger partial charge >= 0.3 is 12.6 Å². The third kappa shape index (κ3) is 7.57. The molecular weight excluding hydrogens is 388 g/mol. The van der Waals surface area contributed by atoms with Crippen molar-refractivity contribution in [2.24, 2.45) is 0 Å². The van der Waals surface area contributed by atoms with Crippen LogP contribution in [0.4, 0.5) is 8.78 Å². The minimum Gasteiger partial charge on any atom is -0.497 e. The van der Waals surface area contributed by atoms with E-state index in [0.717, 1.165) is 5.56 Å². The number of nitrogens with one attached hydrogen (secondary N) is 1. The van der Waals surface area contributed by atoms with Crippen molar-refractivity contribution in [2.45, 2.75) is 19.5 Å². The van der Waals surface area contributed by atoms with E-state index < -0.39 is 31.0 Å². The molecule has 0 unspecified atom stereocenters. The minimum atomic E-state index is -2.98. The molecule has 0 aliphatic carbocycles. The average molecular weight is 407 g/mol. The molecule has 7 nitrogen and oxygen atoms in total. The van der Waals surface area contributed by atoms with E-state index in [1.54, 1.807) is 19.2 Å². The van der Waals surface area contributed by atoms with Gasteiger partial charge in [-0.15, -0.1) is 0 Å². The zero-order valence-electron chi connectivity index (χ0n) is 15.5. The predicted octanol–water partition coefficient (Wildman–Crippen LogP) is 2.73. The lowest BCUT2D eigenvalue weighted by Gasteiger charge is -2.07. The number of ether oxygens (including phenoxy) is 3. The maximum atomic E-state index is 12.1. The van der Waals surface area contributed by atoms with Crippen LogP contribution in [0.15, 0.2) is 48.5 Å². The molecule has 0 bridgehead atoms. The molecule has 154 valence electrons. The molecule has 0 heterocycles. The second-order valence-electron chi connectivity index (χ2n) is 5.79. The number of aryl methyl sites for hydroxylation is 1. The predicted molar refractivity (Wildman–Crippen MR) is 97.8 cm³/mol. The topological polar surface area (TPSA) is 90.9 Å². The van der Waals surface area contributed by atoms with E-state index >= 15 is 0 Å². The summed E-state index contributed by atoms with van der Waals surface area (Å²) in [4.78, 5) is 35.4. The summed E-state index contributed by atoms with van der Waals surface area (Å²) in [7, 11) is 1.55. The van der Waals surface area contributed by atoms with Crippen molar-refractivity contribution in [1.29, 1.82) is 0 Å². The minimum absolute atomic E-state index is 0.0609. The Morgan fingerprint density at radius 2 is 1.59 bits per heavy atom. The molecule has 2 aromatic carbocycles. The summed E-state index contributed by atoms with van der Waals surface area (Å²) in [5.41, 5.74) is 0.965. The fraction of sp³-hybridized carbons (Fsp3) is 0.250. The smallest absolute Gasteiger partial charge is 0.387 e. The molecular formula is C20H19F2NO6. The molecule has 0 aromatic heterocycles. The van der Waals surface area contributed by atoms with E-state index in [9.17, 15) is 23.2 Å². The summed E-state index contributed by atoms with van der Waals surface area (Å²) in [5.74, 6) is -1.56. The van der Waals surface area contributed by atoms with Gasteiger partial charge in [0.25, 0.3) is 11.8 Å². The molecule has 0 aliphatic heterocycles. The van der Waals surface area contributed by atoms with Gasteiger partial charge in [0.1, 0.15) is 11.5 Å². The van der Waals surface area contributed by atoms with Gasteiger partial charge in [0.2, 0.25) is 0 Å². The van der Waals surface area contributed by atoms with Crippen LogP contribution < -0.4 is 14.8 Å². The van der Waals surface area contributed by atoms with Crippen molar-refractivity contribution >= 4 is 17.8 Å². The van der Waals surface area contributed by atoms with Gasteiger partial charge in [0.15, 0.2) is 6.61 Å². The van der Waals surface area contributed by atoms with Gasteiger partial charge in [0.05, 0.1) is 7.11 Å². The quantitative estimate of drug-likeness (QED) is 0.643. The maximum absolute atomic E-state index is 12.1. The largest absolute Gasteiger partial charge is 0.497 e. The van der Waals surface area contributed by atoms with Crippen LogP contribution >= 0.6 is 0 Å². The molecule has 2 aromatic rings. The molecule has 2 amide bonds. The number of benzene rings is 2. The number of alkyl halides is 2. The van der Waals surface area contributed by atoms with E-state index in [0.29, 0.717) is 12.2 Å². The van der Waals surface area contributed by atoms with Crippen molar-refractivity contribution in [3.8, 4) is 11.5 Å². The van der Waals surface area contributed by atoms with Crippen LogP contribution in [0.5, 0.6) is 11.5 Å². The molecule has 1 N–H and O–H groups in total. The summed E-state index contributed by atoms with van der Waals surface area (Å²) in [6.45, 7) is -3.59. The van der Waals surface area contributed by atoms with Gasteiger partial charge < -0.3 is 14.2 Å². The molecule has 0 aliphatic rings. The monoisotopic (exact) mass is 407 g/mol. The van der Waals surface area contributed by atoms with E-state index in [4.69, 9.17) is 9.47 Å². The fourth-order valence-corrected chi connectivity index (χ4v) is 2.28. The number of esters is 1. The summed E-state index contributed by atoms with van der Waals surface area (Å²) in [6, 6.07) is 12.0. The lowest BCUT2D eigenvalue weighted by atomic mass is 10.1. The first kappa shape index (κ1) is 21.8. The molecule has 2 rings (SSSR count). The summed E-state index contributed by atoms with van der Waals surface area (Å²) in [5, 5.41) is 2.04. The first-order valence-electron chi connectivity index (χ1n) is 8.55. The van der Waals surface area contributed by atoms with Crippen molar-refractivity contribution in [3.63, 3.8) is 0 Å². The molecule has 0 saturated heterocycles. The van der Waals surface area contributed by atoms with Crippen LogP contribution in [0, 0.1) is 0 Å². The first-order chi connectivity index (χ1) is 13.9. The number of rotatable bonds is 9. The van der Waals surface area contributed by atoms with Crippen molar-refractivity contribution < 1.29 is 37.4 Å². The number of hydrogen-bond acceptors (Lipinski definition) is 6. The van der Waals surface area contributed by atoms with Crippen LogP contribution in [0.1, 0.15) is 22.3 Å². The zero-order chi connectivity index (χ0) is 21.2. The molecule has 0 saturated carbocycles. The highest BCUT2D eigenvalue weighted by molar-refractivity contribution is 6.05. The Kier molecular flexibility index (Phi) is 8.08. The number of imide groups is 1. The van der Waals surface area contributed by atoms with Crippen LogP contribution in [0.3, 0.4) is 0 Å². The van der Waals surface area contributed by atoms with E-state index in [2.05, 4.69) is 4.74 Å². The Morgan fingerprint density at radius 3 is 2.17 bits per heavy atom. The Balaban J connectivity index is 1.72. The second kappa shape index (κ2) is 10.7. The lowest BCUT2D eigenvalue weighted by Crippen LogP contribution is -2.34. The SMILES string of the molecule is COc1ccc(CCC(=O)OCC(=O)NC(=O)c2ccc(OC(F)F)cc2)cc1. The number of carbonyl (C=O) groups is 3. The van der Waals surface area contributed by atoms with Crippen molar-refractivity contribution in [1.82, 2.24) is 5.32 Å². The lowest BCUT2D eigenvalue weighted by molar-refractivity contribution is -0.148. The van der Waals surface area contributed by atoms with Crippen LogP contribution in [-0.2, 0) is 20.7 Å². The van der Waals surface area contributed by atoms with Gasteiger partial charge in [-0.2, -0.15) is 8.78 Å². The third-order valence-corrected chi connectivity index (χ3v) is 3.74. The molecule has 0 atom stereocenters. The van der Waals surface area contributed by atoms with Crippen molar-refractivity contribution in [2.75, 3.05) is 13.7 Å². The molecule has 29 heavy (non-hydrogen) atoms. The molecule has 0 radical (unpaired) electrons. The standard InChI is InChI=1S/C20H19F2NO6/c1-27-15-7-2-13(3-8-15)4-11-18(25)28-12-17(24)23-19(26)14-5-9-16(10-6-14)29-20(21)22/h2-3,5-10,20H,4,11-12H2,1H3,(H,23,24,26). The number of methoxy groups -OCH3 is 1. The number of halogens is 2. The highest BCUT2D eigenvalue weighted by atomic mass is 19.3. The van der Waals surface area contributed by atoms with Gasteiger partial charge in [0, 0.05) is 12.0 Å². The Morgan fingerprint density at radius 1 is 0.966 bits per heavy atom. The molecule has 0 fully saturated rings. The number of hydrogen-bond donors (Lipinski definition) is 1. The number of amides is 2. The van der Waals surface area contributed by atoms with Crippen LogP contribution in [0.25, 0.3) is 0 Å². The summed E-state index contributed by atoms with van der Waals surface area (Å²) in [6.07, 6.45) is 0.496. The van der Waals surface area contributed by atoms with Crippen LogP contribution in [-0.4, -0.2) is 38.1 Å². The Hall–Kier alpha value is -3.49. The highest BCUT2D eigenvalue weighted by Crippen LogP contribution is 2.15. The Bertz CT molecular complexity index is 837. The number of carbonyl (C=O) groups excluding carboxylic acids is 3. The van der Waals surface area contributed by atoms with Crippen LogP contribution in [0.2, 0.25) is 0 Å². The van der Waals surface area contributed by atoms with E-state index in [1.807, 2.05) is 17.4 Å². The molecule has 9 heteroatoms. The Labute approximate surface area is 165 Å². The summed E-state index contributed by atoms with van der Waals surface area (Å²) >= 11 is 0. The highest BCUT2D eigenvalue weighted by Gasteiger charge is 2.13. The van der Waals surface area contributed by atoms with Gasteiger partial charge in [-0.05, 0) is 48.4 Å². The van der Waals surface area contributed by atoms with Gasteiger partial charge in [-0.3, -0.25) is 19.7 Å². The third-order valence-electron chi connectivity index (χ3n) is 3.74. The average Bonchev–Trinajstić information content (AvgIpc) is 2.71. The van der Waals surface area contributed by atoms with Gasteiger partial charge in [-0.1, -0.05) is 12.1 Å². The summed E-state index contributed by atoms with van der Waals surface area (Å²) < 4.78 is 38.2. The fourth-order valence-electron chi connectivity index (χ4n) is 2.28. The molecule has 0 spiro atoms. The normalized spacial score (nSPS) is 10.3. The van der Waals surface area contributed by atoms with Gasteiger partial charge in [-0.25, -0.2) is 0 Å². The maximum Gasteiger partial charge on any atom is 0.387 e. The van der Waals surface area contributed by atoms with E-state index in [-0.39, 0.29) is 17.7 Å².